The molecule has 1 saturated carbocycles. The number of carbonyl (C=O) groups excluding carboxylic acids is 3. The first-order chi connectivity index (χ1) is 13.7. The van der Waals surface area contributed by atoms with E-state index in [1.165, 1.54) is 11.3 Å². The molecule has 1 unspecified atom stereocenters. The Balaban J connectivity index is 1.69. The third-order valence-corrected chi connectivity index (χ3v) is 6.69. The van der Waals surface area contributed by atoms with Crippen molar-refractivity contribution in [2.24, 2.45) is 5.92 Å². The zero-order chi connectivity index (χ0) is 21.2. The highest BCUT2D eigenvalue weighted by atomic mass is 35.6. The molecule has 0 radical (unpaired) electrons. The van der Waals surface area contributed by atoms with Crippen LogP contribution in [-0.2, 0) is 9.59 Å². The molecule has 2 aliphatic rings. The van der Waals surface area contributed by atoms with Crippen molar-refractivity contribution in [2.75, 3.05) is 5.32 Å². The fraction of sp³-hybridized carbons (Fsp3) is 0.450. The summed E-state index contributed by atoms with van der Waals surface area (Å²) in [6.45, 7) is 1.97. The molecule has 1 saturated heterocycles. The molecule has 1 aromatic rings. The van der Waals surface area contributed by atoms with Gasteiger partial charge < -0.3 is 5.32 Å². The van der Waals surface area contributed by atoms with Crippen LogP contribution in [0.4, 0.5) is 10.5 Å². The van der Waals surface area contributed by atoms with Gasteiger partial charge in [0.2, 0.25) is 0 Å². The quantitative estimate of drug-likeness (QED) is 0.428. The van der Waals surface area contributed by atoms with Crippen LogP contribution < -0.4 is 5.32 Å². The molecule has 1 aliphatic carbocycles. The summed E-state index contributed by atoms with van der Waals surface area (Å²) in [5.41, 5.74) is 1.19. The summed E-state index contributed by atoms with van der Waals surface area (Å²) in [6, 6.07) is 6.61. The number of hydrogen-bond acceptors (Lipinski definition) is 4. The minimum Gasteiger partial charge on any atom is -0.322 e. The van der Waals surface area contributed by atoms with E-state index in [0.29, 0.717) is 16.5 Å². The molecule has 9 heteroatoms. The van der Waals surface area contributed by atoms with Crippen LogP contribution in [0, 0.1) is 5.92 Å². The van der Waals surface area contributed by atoms with E-state index in [1.54, 1.807) is 30.3 Å². The lowest BCUT2D eigenvalue weighted by Crippen LogP contribution is -2.42. The molecule has 3 amide bonds. The van der Waals surface area contributed by atoms with Gasteiger partial charge in [-0.3, -0.25) is 19.3 Å². The SMILES string of the molecule is CC(C1CCCCC1)N1C(=O)SC(=Cc2ccc(NC(=O)C(Cl)(Cl)Cl)cc2)C1=O. The van der Waals surface area contributed by atoms with E-state index in [4.69, 9.17) is 34.8 Å². The topological polar surface area (TPSA) is 66.5 Å². The van der Waals surface area contributed by atoms with Crippen molar-refractivity contribution in [2.45, 2.75) is 48.9 Å². The molecule has 0 aromatic heterocycles. The smallest absolute Gasteiger partial charge is 0.293 e. The van der Waals surface area contributed by atoms with Crippen molar-refractivity contribution in [1.82, 2.24) is 4.90 Å². The Kier molecular flexibility index (Phi) is 7.20. The Hall–Kier alpha value is -1.21. The second-order valence-corrected chi connectivity index (χ2v) is 10.5. The molecule has 156 valence electrons. The predicted octanol–water partition coefficient (Wildman–Crippen LogP) is 6.00. The number of nitrogens with zero attached hydrogens (tertiary/aromatic N) is 1. The lowest BCUT2D eigenvalue weighted by atomic mass is 9.84. The molecular weight excluding hydrogens is 455 g/mol. The summed E-state index contributed by atoms with van der Waals surface area (Å²) >= 11 is 17.6. The number of carbonyl (C=O) groups is 3. The Bertz CT molecular complexity index is 830. The number of hydrogen-bond donors (Lipinski definition) is 1. The van der Waals surface area contributed by atoms with Crippen molar-refractivity contribution in [3.05, 3.63) is 34.7 Å². The highest BCUT2D eigenvalue weighted by Gasteiger charge is 2.40. The first-order valence-electron chi connectivity index (χ1n) is 9.42. The molecule has 2 fully saturated rings. The summed E-state index contributed by atoms with van der Waals surface area (Å²) in [5.74, 6) is -0.628. The number of nitrogens with one attached hydrogen (secondary N) is 1. The average Bonchev–Trinajstić information content (AvgIpc) is 2.96. The van der Waals surface area contributed by atoms with Gasteiger partial charge in [0.05, 0.1) is 4.91 Å². The first-order valence-corrected chi connectivity index (χ1v) is 11.4. The second kappa shape index (κ2) is 9.29. The number of halogens is 3. The van der Waals surface area contributed by atoms with Gasteiger partial charge in [-0.05, 0) is 61.2 Å². The molecule has 3 rings (SSSR count). The van der Waals surface area contributed by atoms with Gasteiger partial charge in [0.1, 0.15) is 0 Å². The molecule has 1 aliphatic heterocycles. The third-order valence-electron chi connectivity index (χ3n) is 5.29. The Morgan fingerprint density at radius 2 is 1.79 bits per heavy atom. The molecule has 1 N–H and O–H groups in total. The summed E-state index contributed by atoms with van der Waals surface area (Å²) in [6.07, 6.45) is 7.33. The number of rotatable bonds is 4. The van der Waals surface area contributed by atoms with E-state index in [2.05, 4.69) is 5.32 Å². The fourth-order valence-corrected chi connectivity index (χ4v) is 4.73. The molecule has 0 spiro atoms. The van der Waals surface area contributed by atoms with Crippen molar-refractivity contribution >= 4 is 75.4 Å². The number of benzene rings is 1. The minimum atomic E-state index is -2.05. The first kappa shape index (κ1) is 22.5. The van der Waals surface area contributed by atoms with E-state index >= 15 is 0 Å². The van der Waals surface area contributed by atoms with E-state index in [-0.39, 0.29) is 17.2 Å². The Morgan fingerprint density at radius 1 is 1.17 bits per heavy atom. The van der Waals surface area contributed by atoms with Gasteiger partial charge >= 0.3 is 0 Å². The van der Waals surface area contributed by atoms with Gasteiger partial charge in [-0.2, -0.15) is 0 Å². The summed E-state index contributed by atoms with van der Waals surface area (Å²) in [7, 11) is 0. The lowest BCUT2D eigenvalue weighted by Gasteiger charge is -2.32. The summed E-state index contributed by atoms with van der Waals surface area (Å²) in [5, 5.41) is 2.27. The maximum Gasteiger partial charge on any atom is 0.293 e. The summed E-state index contributed by atoms with van der Waals surface area (Å²) < 4.78 is -2.05. The zero-order valence-corrected chi connectivity index (χ0v) is 18.9. The van der Waals surface area contributed by atoms with Crippen LogP contribution in [0.25, 0.3) is 6.08 Å². The normalized spacial score (nSPS) is 21.0. The largest absolute Gasteiger partial charge is 0.322 e. The van der Waals surface area contributed by atoms with Gasteiger partial charge in [-0.25, -0.2) is 0 Å². The van der Waals surface area contributed by atoms with Crippen LogP contribution in [-0.4, -0.2) is 31.8 Å². The van der Waals surface area contributed by atoms with Crippen molar-refractivity contribution in [3.8, 4) is 0 Å². The molecule has 29 heavy (non-hydrogen) atoms. The van der Waals surface area contributed by atoms with E-state index in [0.717, 1.165) is 43.0 Å². The van der Waals surface area contributed by atoms with Crippen LogP contribution >= 0.6 is 46.6 Å². The van der Waals surface area contributed by atoms with Crippen LogP contribution in [0.5, 0.6) is 0 Å². The van der Waals surface area contributed by atoms with Crippen molar-refractivity contribution in [3.63, 3.8) is 0 Å². The van der Waals surface area contributed by atoms with Crippen LogP contribution in [0.3, 0.4) is 0 Å². The van der Waals surface area contributed by atoms with Crippen LogP contribution in [0.2, 0.25) is 0 Å². The summed E-state index contributed by atoms with van der Waals surface area (Å²) in [4.78, 5) is 38.8. The van der Waals surface area contributed by atoms with Gasteiger partial charge in [0.15, 0.2) is 0 Å². The van der Waals surface area contributed by atoms with Gasteiger partial charge in [-0.1, -0.05) is 66.2 Å². The molecule has 1 heterocycles. The Labute approximate surface area is 189 Å². The zero-order valence-electron chi connectivity index (χ0n) is 15.8. The molecule has 1 atom stereocenters. The molecule has 5 nitrogen and oxygen atoms in total. The second-order valence-electron chi connectivity index (χ2n) is 7.26. The highest BCUT2D eigenvalue weighted by molar-refractivity contribution is 8.18. The third kappa shape index (κ3) is 5.48. The lowest BCUT2D eigenvalue weighted by molar-refractivity contribution is -0.125. The maximum atomic E-state index is 12.8. The number of amides is 3. The number of thioether (sulfide) groups is 1. The van der Waals surface area contributed by atoms with E-state index in [9.17, 15) is 14.4 Å². The molecular formula is C20H21Cl3N2O3S. The number of imide groups is 1. The predicted molar refractivity (Wildman–Crippen MR) is 119 cm³/mol. The highest BCUT2D eigenvalue weighted by Crippen LogP contribution is 2.38. The van der Waals surface area contributed by atoms with Crippen LogP contribution in [0.1, 0.15) is 44.6 Å². The molecule has 1 aromatic carbocycles. The number of anilines is 1. The fourth-order valence-electron chi connectivity index (χ4n) is 3.67. The standard InChI is InChI=1S/C20H21Cl3N2O3S/c1-12(14-5-3-2-4-6-14)25-17(26)16(29-19(25)28)11-13-7-9-15(10-8-13)24-18(27)20(21,22)23/h7-12,14H,2-6H2,1H3,(H,24,27). The Morgan fingerprint density at radius 3 is 2.38 bits per heavy atom. The van der Waals surface area contributed by atoms with Gasteiger partial charge in [0.25, 0.3) is 20.8 Å². The minimum absolute atomic E-state index is 0.0896. The number of alkyl halides is 3. The van der Waals surface area contributed by atoms with Gasteiger partial charge in [0, 0.05) is 11.7 Å². The van der Waals surface area contributed by atoms with E-state index in [1.807, 2.05) is 6.92 Å². The molecule has 0 bridgehead atoms. The van der Waals surface area contributed by atoms with E-state index < -0.39 is 9.70 Å². The van der Waals surface area contributed by atoms with Crippen molar-refractivity contribution in [1.29, 1.82) is 0 Å². The monoisotopic (exact) mass is 474 g/mol. The van der Waals surface area contributed by atoms with Crippen molar-refractivity contribution < 1.29 is 14.4 Å². The average molecular weight is 476 g/mol. The van der Waals surface area contributed by atoms with Crippen LogP contribution in [0.15, 0.2) is 29.2 Å². The maximum absolute atomic E-state index is 12.8. The van der Waals surface area contributed by atoms with Gasteiger partial charge in [-0.15, -0.1) is 0 Å².